The predicted octanol–water partition coefficient (Wildman–Crippen LogP) is 2.20. The average molecular weight is 314 g/mol. The molecule has 0 radical (unpaired) electrons. The van der Waals surface area contributed by atoms with E-state index in [0.717, 1.165) is 11.6 Å². The number of rotatable bonds is 6. The van der Waals surface area contributed by atoms with Gasteiger partial charge >= 0.3 is 5.97 Å². The van der Waals surface area contributed by atoms with Crippen LogP contribution in [0.4, 0.5) is 5.13 Å². The van der Waals surface area contributed by atoms with E-state index in [1.54, 1.807) is 14.2 Å². The normalized spacial score (nSPS) is 23.5. The number of aromatic carboxylic acids is 1. The molecular formula is C14H22N2O4S. The molecule has 0 amide bonds. The average Bonchev–Trinajstić information content (AvgIpc) is 3.09. The Kier molecular flexibility index (Phi) is 5.18. The Labute approximate surface area is 128 Å². The summed E-state index contributed by atoms with van der Waals surface area (Å²) in [6, 6.07) is 0. The van der Waals surface area contributed by atoms with Crippen molar-refractivity contribution in [1.29, 1.82) is 0 Å². The second-order valence-electron chi connectivity index (χ2n) is 5.28. The van der Waals surface area contributed by atoms with E-state index in [-0.39, 0.29) is 18.1 Å². The summed E-state index contributed by atoms with van der Waals surface area (Å²) in [5, 5.41) is 10.1. The zero-order chi connectivity index (χ0) is 15.6. The van der Waals surface area contributed by atoms with Gasteiger partial charge in [-0.1, -0.05) is 25.2 Å². The SMILES string of the molecule is CCC(C)c1nc(N2CC(OC)C(OC)C2)sc1C(=O)O. The quantitative estimate of drug-likeness (QED) is 0.868. The maximum absolute atomic E-state index is 11.4. The summed E-state index contributed by atoms with van der Waals surface area (Å²) >= 11 is 1.24. The zero-order valence-electron chi connectivity index (χ0n) is 12.8. The lowest BCUT2D eigenvalue weighted by molar-refractivity contribution is -0.00461. The van der Waals surface area contributed by atoms with Crippen LogP contribution < -0.4 is 4.90 Å². The Morgan fingerprint density at radius 1 is 1.43 bits per heavy atom. The van der Waals surface area contributed by atoms with E-state index >= 15 is 0 Å². The molecule has 7 heteroatoms. The van der Waals surface area contributed by atoms with Gasteiger partial charge in [0.25, 0.3) is 0 Å². The first kappa shape index (κ1) is 16.2. The van der Waals surface area contributed by atoms with Gasteiger partial charge in [0.05, 0.1) is 5.69 Å². The van der Waals surface area contributed by atoms with E-state index in [9.17, 15) is 9.90 Å². The number of methoxy groups -OCH3 is 2. The maximum Gasteiger partial charge on any atom is 0.347 e. The van der Waals surface area contributed by atoms with Gasteiger partial charge in [0.2, 0.25) is 0 Å². The van der Waals surface area contributed by atoms with Crippen molar-refractivity contribution in [2.75, 3.05) is 32.2 Å². The molecule has 6 nitrogen and oxygen atoms in total. The minimum Gasteiger partial charge on any atom is -0.477 e. The van der Waals surface area contributed by atoms with Crippen LogP contribution in [0.3, 0.4) is 0 Å². The molecule has 2 heterocycles. The first-order chi connectivity index (χ1) is 10.0. The number of carbonyl (C=O) groups is 1. The molecule has 1 N–H and O–H groups in total. The summed E-state index contributed by atoms with van der Waals surface area (Å²) in [5.41, 5.74) is 0.680. The van der Waals surface area contributed by atoms with Crippen LogP contribution in [0.15, 0.2) is 0 Å². The van der Waals surface area contributed by atoms with Crippen molar-refractivity contribution in [1.82, 2.24) is 4.98 Å². The molecule has 0 aromatic carbocycles. The van der Waals surface area contributed by atoms with E-state index in [1.165, 1.54) is 11.3 Å². The second kappa shape index (κ2) is 6.72. The highest BCUT2D eigenvalue weighted by atomic mass is 32.1. The highest BCUT2D eigenvalue weighted by molar-refractivity contribution is 7.17. The number of anilines is 1. The summed E-state index contributed by atoms with van der Waals surface area (Å²) in [4.78, 5) is 18.4. The Hall–Kier alpha value is -1.18. The molecular weight excluding hydrogens is 292 g/mol. The lowest BCUT2D eigenvalue weighted by atomic mass is 10.0. The number of carboxylic acid groups (broad SMARTS) is 1. The Balaban J connectivity index is 2.27. The molecule has 1 aromatic heterocycles. The van der Waals surface area contributed by atoms with Crippen LogP contribution in [-0.2, 0) is 9.47 Å². The molecule has 0 spiro atoms. The molecule has 21 heavy (non-hydrogen) atoms. The van der Waals surface area contributed by atoms with Crippen molar-refractivity contribution < 1.29 is 19.4 Å². The first-order valence-corrected chi connectivity index (χ1v) is 7.87. The number of nitrogens with zero attached hydrogens (tertiary/aromatic N) is 2. The highest BCUT2D eigenvalue weighted by Gasteiger charge is 2.35. The second-order valence-corrected chi connectivity index (χ2v) is 6.26. The van der Waals surface area contributed by atoms with Gasteiger partial charge in [0.15, 0.2) is 5.13 Å². The molecule has 0 bridgehead atoms. The molecule has 3 unspecified atom stereocenters. The van der Waals surface area contributed by atoms with E-state index in [1.807, 2.05) is 18.7 Å². The van der Waals surface area contributed by atoms with Gasteiger partial charge in [-0.2, -0.15) is 0 Å². The molecule has 2 rings (SSSR count). The number of carboxylic acids is 1. The summed E-state index contributed by atoms with van der Waals surface area (Å²) in [7, 11) is 3.32. The maximum atomic E-state index is 11.4. The van der Waals surface area contributed by atoms with Gasteiger partial charge in [-0.15, -0.1) is 0 Å². The van der Waals surface area contributed by atoms with Crippen molar-refractivity contribution in [2.24, 2.45) is 0 Å². The van der Waals surface area contributed by atoms with Crippen LogP contribution in [0.5, 0.6) is 0 Å². The van der Waals surface area contributed by atoms with Gasteiger partial charge < -0.3 is 19.5 Å². The summed E-state index contributed by atoms with van der Waals surface area (Å²) < 4.78 is 10.8. The minimum atomic E-state index is -0.903. The van der Waals surface area contributed by atoms with Crippen molar-refractivity contribution in [3.8, 4) is 0 Å². The molecule has 1 aromatic rings. The monoisotopic (exact) mass is 314 g/mol. The van der Waals surface area contributed by atoms with Crippen LogP contribution in [0.25, 0.3) is 0 Å². The largest absolute Gasteiger partial charge is 0.477 e. The van der Waals surface area contributed by atoms with Gasteiger partial charge in [-0.05, 0) is 12.3 Å². The van der Waals surface area contributed by atoms with Crippen LogP contribution >= 0.6 is 11.3 Å². The summed E-state index contributed by atoms with van der Waals surface area (Å²) in [5.74, 6) is -0.764. The van der Waals surface area contributed by atoms with Crippen LogP contribution in [0.1, 0.15) is 41.6 Å². The van der Waals surface area contributed by atoms with Gasteiger partial charge in [0.1, 0.15) is 17.1 Å². The Bertz CT molecular complexity index is 493. The van der Waals surface area contributed by atoms with Crippen molar-refractivity contribution in [3.63, 3.8) is 0 Å². The lowest BCUT2D eigenvalue weighted by Gasteiger charge is -2.13. The molecule has 0 saturated carbocycles. The van der Waals surface area contributed by atoms with E-state index < -0.39 is 5.97 Å². The van der Waals surface area contributed by atoms with E-state index in [2.05, 4.69) is 4.98 Å². The fraction of sp³-hybridized carbons (Fsp3) is 0.714. The van der Waals surface area contributed by atoms with E-state index in [0.29, 0.717) is 23.7 Å². The van der Waals surface area contributed by atoms with E-state index in [4.69, 9.17) is 9.47 Å². The van der Waals surface area contributed by atoms with Crippen molar-refractivity contribution in [3.05, 3.63) is 10.6 Å². The molecule has 3 atom stereocenters. The third-order valence-corrected chi connectivity index (χ3v) is 5.13. The van der Waals surface area contributed by atoms with Crippen LogP contribution in [0, 0.1) is 0 Å². The molecule has 118 valence electrons. The number of ether oxygens (including phenoxy) is 2. The summed E-state index contributed by atoms with van der Waals surface area (Å²) in [6.07, 6.45) is 0.837. The molecule has 1 saturated heterocycles. The van der Waals surface area contributed by atoms with Gasteiger partial charge in [-0.3, -0.25) is 0 Å². The fourth-order valence-electron chi connectivity index (χ4n) is 2.49. The number of hydrogen-bond acceptors (Lipinski definition) is 6. The third kappa shape index (κ3) is 3.20. The predicted molar refractivity (Wildman–Crippen MR) is 81.6 cm³/mol. The van der Waals surface area contributed by atoms with Gasteiger partial charge in [-0.25, -0.2) is 9.78 Å². The van der Waals surface area contributed by atoms with Crippen LogP contribution in [-0.4, -0.2) is 55.6 Å². The number of aromatic nitrogens is 1. The lowest BCUT2D eigenvalue weighted by Crippen LogP contribution is -2.27. The first-order valence-electron chi connectivity index (χ1n) is 7.06. The Morgan fingerprint density at radius 2 is 2.00 bits per heavy atom. The van der Waals surface area contributed by atoms with Crippen LogP contribution in [0.2, 0.25) is 0 Å². The minimum absolute atomic E-state index is 0.0146. The fourth-order valence-corrected chi connectivity index (χ4v) is 3.53. The highest BCUT2D eigenvalue weighted by Crippen LogP contribution is 2.34. The Morgan fingerprint density at radius 3 is 2.43 bits per heavy atom. The topological polar surface area (TPSA) is 71.9 Å². The number of hydrogen-bond donors (Lipinski definition) is 1. The van der Waals surface area contributed by atoms with Crippen molar-refractivity contribution in [2.45, 2.75) is 38.4 Å². The third-order valence-electron chi connectivity index (χ3n) is 4.01. The smallest absolute Gasteiger partial charge is 0.347 e. The van der Waals surface area contributed by atoms with Gasteiger partial charge in [0, 0.05) is 27.3 Å². The molecule has 0 aliphatic carbocycles. The molecule has 1 aliphatic heterocycles. The summed E-state index contributed by atoms with van der Waals surface area (Å²) in [6.45, 7) is 5.38. The molecule has 1 fully saturated rings. The molecule has 1 aliphatic rings. The standard InChI is InChI=1S/C14H22N2O4S/c1-5-8(2)11-12(13(17)18)21-14(15-11)16-6-9(19-3)10(7-16)20-4/h8-10H,5-7H2,1-4H3,(H,17,18). The van der Waals surface area contributed by atoms with Crippen molar-refractivity contribution >= 4 is 22.4 Å². The number of thiazole rings is 1. The zero-order valence-corrected chi connectivity index (χ0v) is 13.6.